The Balaban J connectivity index is 1.86. The van der Waals surface area contributed by atoms with Gasteiger partial charge in [0.1, 0.15) is 24.9 Å². The van der Waals surface area contributed by atoms with E-state index in [0.29, 0.717) is 38.2 Å². The number of hydrogen-bond acceptors (Lipinski definition) is 9. The van der Waals surface area contributed by atoms with Gasteiger partial charge in [-0.25, -0.2) is 5.48 Å². The van der Waals surface area contributed by atoms with Gasteiger partial charge in [-0.15, -0.1) is 0 Å². The van der Waals surface area contributed by atoms with Crippen molar-refractivity contribution in [3.63, 3.8) is 0 Å². The number of rotatable bonds is 14. The highest BCUT2D eigenvalue weighted by Crippen LogP contribution is 2.14. The predicted molar refractivity (Wildman–Crippen MR) is 127 cm³/mol. The number of aryl methyl sites for hydroxylation is 1. The number of hydrogen-bond donors (Lipinski definition) is 5. The van der Waals surface area contributed by atoms with E-state index in [1.54, 1.807) is 24.0 Å². The van der Waals surface area contributed by atoms with Crippen LogP contribution in [-0.2, 0) is 9.68 Å². The Morgan fingerprint density at radius 2 is 1.71 bits per heavy atom. The van der Waals surface area contributed by atoms with Gasteiger partial charge in [0.15, 0.2) is 0 Å². The molecule has 0 bridgehead atoms. The molecule has 0 spiro atoms. The number of aliphatic hydroxyl groups is 4. The van der Waals surface area contributed by atoms with Crippen LogP contribution in [0.4, 0.5) is 0 Å². The van der Waals surface area contributed by atoms with E-state index in [9.17, 15) is 30.0 Å². The minimum atomic E-state index is -1.58. The monoisotopic (exact) mass is 497 g/mol. The van der Waals surface area contributed by atoms with Crippen LogP contribution >= 0.6 is 0 Å². The first-order chi connectivity index (χ1) is 16.7. The summed E-state index contributed by atoms with van der Waals surface area (Å²) in [7, 11) is 0. The van der Waals surface area contributed by atoms with Crippen molar-refractivity contribution >= 4 is 11.8 Å². The lowest BCUT2D eigenvalue weighted by molar-refractivity contribution is -0.191. The number of amides is 2. The zero-order valence-corrected chi connectivity index (χ0v) is 20.7. The van der Waals surface area contributed by atoms with Crippen LogP contribution in [0, 0.1) is 6.92 Å². The Labute approximate surface area is 206 Å². The lowest BCUT2D eigenvalue weighted by atomic mass is 10.0. The summed E-state index contributed by atoms with van der Waals surface area (Å²) >= 11 is 0. The topological polar surface area (TPSA) is 152 Å². The van der Waals surface area contributed by atoms with Gasteiger partial charge in [0.05, 0.1) is 19.3 Å². The van der Waals surface area contributed by atoms with E-state index in [0.717, 1.165) is 18.4 Å². The molecule has 1 heterocycles. The minimum absolute atomic E-state index is 0.148. The van der Waals surface area contributed by atoms with Crippen molar-refractivity contribution < 1.29 is 39.7 Å². The molecule has 0 aromatic heterocycles. The van der Waals surface area contributed by atoms with Crippen LogP contribution in [0.3, 0.4) is 0 Å². The van der Waals surface area contributed by atoms with E-state index in [4.69, 9.17) is 9.68 Å². The zero-order chi connectivity index (χ0) is 26.0. The summed E-state index contributed by atoms with van der Waals surface area (Å²) in [6.45, 7) is 7.09. The van der Waals surface area contributed by atoms with Crippen LogP contribution in [0.2, 0.25) is 0 Å². The Kier molecular flexibility index (Phi) is 12.0. The summed E-state index contributed by atoms with van der Waals surface area (Å²) in [6, 6.07) is 4.83. The summed E-state index contributed by atoms with van der Waals surface area (Å²) in [5.41, 5.74) is 3.55. The van der Waals surface area contributed by atoms with Gasteiger partial charge in [0.25, 0.3) is 11.8 Å². The van der Waals surface area contributed by atoms with Crippen molar-refractivity contribution in [3.8, 4) is 0 Å². The molecule has 11 nitrogen and oxygen atoms in total. The summed E-state index contributed by atoms with van der Waals surface area (Å²) in [4.78, 5) is 37.6. The number of β-amino-alcohol motifs (C(OH)–C–C–N with tert-alkyl or cyclic N) is 1. The Morgan fingerprint density at radius 3 is 2.31 bits per heavy atom. The maximum Gasteiger partial charge on any atom is 0.274 e. The number of hydroxylamine groups is 3. The summed E-state index contributed by atoms with van der Waals surface area (Å²) in [5.74, 6) is -0.760. The maximum absolute atomic E-state index is 12.9. The van der Waals surface area contributed by atoms with E-state index >= 15 is 0 Å². The largest absolute Gasteiger partial charge is 0.392 e. The fourth-order valence-corrected chi connectivity index (χ4v) is 3.79. The highest BCUT2D eigenvalue weighted by atomic mass is 16.7. The molecule has 198 valence electrons. The third-order valence-electron chi connectivity index (χ3n) is 5.62. The van der Waals surface area contributed by atoms with Crippen molar-refractivity contribution in [2.45, 2.75) is 64.4 Å². The predicted octanol–water partition coefficient (Wildman–Crippen LogP) is -0.000480. The van der Waals surface area contributed by atoms with Crippen LogP contribution in [0.15, 0.2) is 18.2 Å². The van der Waals surface area contributed by atoms with E-state index in [2.05, 4.69) is 5.48 Å². The van der Waals surface area contributed by atoms with Crippen LogP contribution in [-0.4, -0.2) is 106 Å². The van der Waals surface area contributed by atoms with E-state index < -0.39 is 36.9 Å². The second-order valence-electron chi connectivity index (χ2n) is 8.87. The molecule has 0 unspecified atom stereocenters. The minimum Gasteiger partial charge on any atom is -0.392 e. The van der Waals surface area contributed by atoms with E-state index in [1.807, 2.05) is 13.8 Å². The highest BCUT2D eigenvalue weighted by Gasteiger charge is 2.28. The molecular formula is C24H39N3O8. The molecule has 4 atom stereocenters. The van der Waals surface area contributed by atoms with Gasteiger partial charge < -0.3 is 25.3 Å². The highest BCUT2D eigenvalue weighted by molar-refractivity contribution is 5.99. The molecule has 1 fully saturated rings. The lowest BCUT2D eigenvalue weighted by Crippen LogP contribution is -2.44. The summed E-state index contributed by atoms with van der Waals surface area (Å²) in [5, 5.41) is 41.1. The van der Waals surface area contributed by atoms with Gasteiger partial charge in [0, 0.05) is 30.8 Å². The number of carbonyl (C=O) groups excluding carboxylic acids is 2. The fraction of sp³-hybridized carbons (Fsp3) is 0.667. The first-order valence-corrected chi connectivity index (χ1v) is 12.1. The van der Waals surface area contributed by atoms with Crippen LogP contribution < -0.4 is 5.48 Å². The molecule has 1 aromatic carbocycles. The number of benzene rings is 1. The van der Waals surface area contributed by atoms with Crippen molar-refractivity contribution in [1.82, 2.24) is 15.4 Å². The van der Waals surface area contributed by atoms with Crippen LogP contribution in [0.1, 0.15) is 59.4 Å². The number of nitrogens with zero attached hydrogens (tertiary/aromatic N) is 2. The molecule has 1 aliphatic rings. The Bertz CT molecular complexity index is 818. The molecule has 0 radical (unpaired) electrons. The average Bonchev–Trinajstić information content (AvgIpc) is 3.25. The standard InChI is InChI=1S/C24H39N3O8/c1-4-7-26(8-5-2)24(33)18-11-16(3)10-17(12-18)23(32)25-34-14-20(29)22(31)21(30)15-35-27-9-6-19(28)13-27/h10-12,19-22,28-31H,4-9,13-15H2,1-3H3,(H,25,32)/t19-,20+,21-,22+/m1/s1. The molecule has 1 aromatic rings. The number of nitrogens with one attached hydrogen (secondary N) is 1. The van der Waals surface area contributed by atoms with E-state index in [1.165, 1.54) is 11.1 Å². The van der Waals surface area contributed by atoms with Crippen LogP contribution in [0.5, 0.6) is 0 Å². The van der Waals surface area contributed by atoms with Gasteiger partial charge in [-0.1, -0.05) is 13.8 Å². The lowest BCUT2D eigenvalue weighted by Gasteiger charge is -2.24. The fourth-order valence-electron chi connectivity index (χ4n) is 3.79. The van der Waals surface area contributed by atoms with Crippen molar-refractivity contribution in [3.05, 3.63) is 34.9 Å². The first-order valence-electron chi connectivity index (χ1n) is 12.1. The third-order valence-corrected chi connectivity index (χ3v) is 5.62. The Morgan fingerprint density at radius 1 is 1.09 bits per heavy atom. The van der Waals surface area contributed by atoms with Gasteiger partial charge in [-0.05, 0) is 49.9 Å². The normalized spacial score (nSPS) is 18.8. The first kappa shape index (κ1) is 29.1. The summed E-state index contributed by atoms with van der Waals surface area (Å²) in [6.07, 6.45) is -2.75. The smallest absolute Gasteiger partial charge is 0.274 e. The Hall–Kier alpha value is -2.12. The average molecular weight is 498 g/mol. The molecule has 1 aliphatic heterocycles. The third kappa shape index (κ3) is 9.12. The van der Waals surface area contributed by atoms with Gasteiger partial charge in [0.2, 0.25) is 0 Å². The van der Waals surface area contributed by atoms with Gasteiger partial charge in [-0.3, -0.25) is 19.3 Å². The molecule has 2 rings (SSSR count). The molecule has 5 N–H and O–H groups in total. The second-order valence-corrected chi connectivity index (χ2v) is 8.87. The van der Waals surface area contributed by atoms with Crippen molar-refractivity contribution in [2.75, 3.05) is 39.4 Å². The quantitative estimate of drug-likeness (QED) is 0.224. The number of carbonyl (C=O) groups is 2. The van der Waals surface area contributed by atoms with Gasteiger partial charge >= 0.3 is 0 Å². The molecule has 0 aliphatic carbocycles. The van der Waals surface area contributed by atoms with Crippen LogP contribution in [0.25, 0.3) is 0 Å². The van der Waals surface area contributed by atoms with Gasteiger partial charge in [-0.2, -0.15) is 5.06 Å². The van der Waals surface area contributed by atoms with Crippen molar-refractivity contribution in [1.29, 1.82) is 0 Å². The molecule has 35 heavy (non-hydrogen) atoms. The molecule has 11 heteroatoms. The SMILES string of the molecule is CCCN(CCC)C(=O)c1cc(C)cc(C(=O)NOC[C@H](O)[C@H](O)[C@H](O)CON2CC[C@@H](O)C2)c1. The van der Waals surface area contributed by atoms with Crippen molar-refractivity contribution in [2.24, 2.45) is 0 Å². The molecular weight excluding hydrogens is 458 g/mol. The summed E-state index contributed by atoms with van der Waals surface area (Å²) < 4.78 is 0. The molecule has 1 saturated heterocycles. The number of aliphatic hydroxyl groups excluding tert-OH is 4. The maximum atomic E-state index is 12.9. The molecule has 2 amide bonds. The zero-order valence-electron chi connectivity index (χ0n) is 20.7. The molecule has 0 saturated carbocycles. The van der Waals surface area contributed by atoms with E-state index in [-0.39, 0.29) is 18.1 Å². The second kappa shape index (κ2) is 14.4.